The Morgan fingerprint density at radius 2 is 2.12 bits per heavy atom. The molecule has 1 heterocycles. The maximum atomic E-state index is 13.7. The smallest absolute Gasteiger partial charge is 0.153 e. The molecular weight excluding hydrogens is 215 g/mol. The van der Waals surface area contributed by atoms with Crippen molar-refractivity contribution in [2.24, 2.45) is 0 Å². The first-order valence-corrected chi connectivity index (χ1v) is 4.99. The predicted molar refractivity (Wildman–Crippen MR) is 55.0 cm³/mol. The van der Waals surface area contributed by atoms with E-state index in [0.717, 1.165) is 0 Å². The number of hydrogen-bond donors (Lipinski definition) is 2. The normalized spacial score (nSPS) is 16.2. The van der Waals surface area contributed by atoms with Crippen molar-refractivity contribution in [2.75, 3.05) is 31.2 Å². The summed E-state index contributed by atoms with van der Waals surface area (Å²) in [4.78, 5) is 6.46. The molecule has 1 saturated heterocycles. The third-order valence-electron chi connectivity index (χ3n) is 2.43. The summed E-state index contributed by atoms with van der Waals surface area (Å²) in [5.41, 5.74) is 2.03. The lowest BCUT2D eigenvalue weighted by Gasteiger charge is -2.29. The lowest BCUT2D eigenvalue weighted by Crippen LogP contribution is -2.36. The van der Waals surface area contributed by atoms with E-state index in [-0.39, 0.29) is 11.6 Å². The van der Waals surface area contributed by atoms with Gasteiger partial charge in [-0.05, 0) is 17.8 Å². The number of anilines is 1. The van der Waals surface area contributed by atoms with Crippen molar-refractivity contribution in [1.29, 1.82) is 0 Å². The summed E-state index contributed by atoms with van der Waals surface area (Å²) < 4.78 is 18.9. The second-order valence-corrected chi connectivity index (χ2v) is 3.41. The number of halogens is 1. The number of hydrogen-bond acceptors (Lipinski definition) is 5. The largest absolute Gasteiger partial charge is 0.383 e. The Morgan fingerprint density at radius 3 is 2.75 bits per heavy atom. The topological polar surface area (TPSA) is 54.0 Å². The fourth-order valence-corrected chi connectivity index (χ4v) is 1.66. The van der Waals surface area contributed by atoms with Crippen molar-refractivity contribution < 1.29 is 19.2 Å². The van der Waals surface area contributed by atoms with Gasteiger partial charge in [0.25, 0.3) is 0 Å². The van der Waals surface area contributed by atoms with Crippen LogP contribution in [0.25, 0.3) is 0 Å². The molecule has 0 spiro atoms. The molecule has 0 bridgehead atoms. The van der Waals surface area contributed by atoms with E-state index in [1.54, 1.807) is 12.1 Å². The zero-order chi connectivity index (χ0) is 11.4. The summed E-state index contributed by atoms with van der Waals surface area (Å²) in [6.45, 7) is 2.57. The molecule has 1 aromatic carbocycles. The first kappa shape index (κ1) is 11.1. The maximum Gasteiger partial charge on any atom is 0.153 e. The van der Waals surface area contributed by atoms with Gasteiger partial charge in [-0.25, -0.2) is 4.39 Å². The molecule has 0 unspecified atom stereocenters. The molecule has 1 aromatic rings. The van der Waals surface area contributed by atoms with Gasteiger partial charge in [-0.3, -0.25) is 5.21 Å². The number of nitrogens with one attached hydrogen (secondary N) is 1. The molecule has 2 rings (SSSR count). The third kappa shape index (κ3) is 2.41. The van der Waals surface area contributed by atoms with Crippen molar-refractivity contribution in [3.63, 3.8) is 0 Å². The monoisotopic (exact) mass is 228 g/mol. The standard InChI is InChI=1S/C10H13FN2O3/c11-9-7-8(16-12-14)1-2-10(9)13-3-5-15-6-4-13/h1-2,7,12,14H,3-6H2. The highest BCUT2D eigenvalue weighted by molar-refractivity contribution is 5.50. The average Bonchev–Trinajstić information content (AvgIpc) is 2.31. The number of rotatable bonds is 3. The summed E-state index contributed by atoms with van der Waals surface area (Å²) in [6.07, 6.45) is 0. The number of benzene rings is 1. The minimum absolute atomic E-state index is 0.219. The van der Waals surface area contributed by atoms with E-state index in [4.69, 9.17) is 9.94 Å². The Bertz CT molecular complexity index is 356. The molecule has 0 radical (unpaired) electrons. The Balaban J connectivity index is 2.14. The Hall–Kier alpha value is -1.37. The number of ether oxygens (including phenoxy) is 1. The fourth-order valence-electron chi connectivity index (χ4n) is 1.66. The van der Waals surface area contributed by atoms with Crippen molar-refractivity contribution in [3.05, 3.63) is 24.0 Å². The molecule has 0 atom stereocenters. The van der Waals surface area contributed by atoms with Crippen molar-refractivity contribution in [2.45, 2.75) is 0 Å². The van der Waals surface area contributed by atoms with E-state index < -0.39 is 0 Å². The zero-order valence-corrected chi connectivity index (χ0v) is 8.65. The van der Waals surface area contributed by atoms with Crippen molar-refractivity contribution in [1.82, 2.24) is 5.64 Å². The number of morpholine rings is 1. The highest BCUT2D eigenvalue weighted by Crippen LogP contribution is 2.24. The lowest BCUT2D eigenvalue weighted by molar-refractivity contribution is -0.0437. The zero-order valence-electron chi connectivity index (χ0n) is 8.65. The van der Waals surface area contributed by atoms with Crippen LogP contribution in [0.5, 0.6) is 5.75 Å². The number of nitrogens with zero attached hydrogens (tertiary/aromatic N) is 1. The molecule has 1 aliphatic heterocycles. The second kappa shape index (κ2) is 5.11. The Labute approximate surface area is 92.3 Å². The maximum absolute atomic E-state index is 13.7. The fraction of sp³-hybridized carbons (Fsp3) is 0.400. The Morgan fingerprint density at radius 1 is 1.38 bits per heavy atom. The lowest BCUT2D eigenvalue weighted by atomic mass is 10.2. The summed E-state index contributed by atoms with van der Waals surface area (Å²) >= 11 is 0. The third-order valence-corrected chi connectivity index (χ3v) is 2.43. The first-order chi connectivity index (χ1) is 7.81. The molecule has 16 heavy (non-hydrogen) atoms. The Kier molecular flexibility index (Phi) is 3.55. The van der Waals surface area contributed by atoms with Crippen molar-refractivity contribution >= 4 is 5.69 Å². The van der Waals surface area contributed by atoms with E-state index in [2.05, 4.69) is 4.84 Å². The van der Waals surface area contributed by atoms with Gasteiger partial charge < -0.3 is 14.5 Å². The van der Waals surface area contributed by atoms with Crippen LogP contribution >= 0.6 is 0 Å². The van der Waals surface area contributed by atoms with E-state index in [1.807, 2.05) is 4.90 Å². The SMILES string of the molecule is ONOc1ccc(N2CCOCC2)c(F)c1. The summed E-state index contributed by atoms with van der Waals surface area (Å²) in [7, 11) is 0. The van der Waals surface area contributed by atoms with Gasteiger partial charge in [-0.15, -0.1) is 0 Å². The van der Waals surface area contributed by atoms with E-state index in [9.17, 15) is 4.39 Å². The van der Waals surface area contributed by atoms with Gasteiger partial charge in [0.2, 0.25) is 0 Å². The predicted octanol–water partition coefficient (Wildman–Crippen LogP) is 0.935. The minimum atomic E-state index is -0.380. The molecule has 6 heteroatoms. The van der Waals surface area contributed by atoms with Gasteiger partial charge in [0.1, 0.15) is 5.82 Å². The first-order valence-electron chi connectivity index (χ1n) is 4.99. The highest BCUT2D eigenvalue weighted by atomic mass is 19.1. The van der Waals surface area contributed by atoms with Gasteiger partial charge in [-0.1, -0.05) is 0 Å². The van der Waals surface area contributed by atoms with Crippen LogP contribution in [0.15, 0.2) is 18.2 Å². The van der Waals surface area contributed by atoms with Crippen LogP contribution in [-0.4, -0.2) is 31.5 Å². The van der Waals surface area contributed by atoms with E-state index in [0.29, 0.717) is 32.0 Å². The van der Waals surface area contributed by atoms with E-state index in [1.165, 1.54) is 11.7 Å². The summed E-state index contributed by atoms with van der Waals surface area (Å²) in [5, 5.41) is 8.31. The van der Waals surface area contributed by atoms with Gasteiger partial charge in [0.05, 0.1) is 18.9 Å². The van der Waals surface area contributed by atoms with Crippen LogP contribution in [0.2, 0.25) is 0 Å². The molecule has 0 saturated carbocycles. The molecule has 1 fully saturated rings. The second-order valence-electron chi connectivity index (χ2n) is 3.41. The molecular formula is C10H13FN2O3. The van der Waals surface area contributed by atoms with Gasteiger partial charge in [-0.2, -0.15) is 0 Å². The van der Waals surface area contributed by atoms with Crippen LogP contribution in [0.3, 0.4) is 0 Å². The molecule has 5 nitrogen and oxygen atoms in total. The van der Waals surface area contributed by atoms with Crippen molar-refractivity contribution in [3.8, 4) is 5.75 Å². The molecule has 2 N–H and O–H groups in total. The average molecular weight is 228 g/mol. The molecule has 88 valence electrons. The van der Waals surface area contributed by atoms with Gasteiger partial charge >= 0.3 is 0 Å². The molecule has 0 amide bonds. The van der Waals surface area contributed by atoms with Gasteiger partial charge in [0, 0.05) is 19.2 Å². The van der Waals surface area contributed by atoms with Crippen LogP contribution in [0.1, 0.15) is 0 Å². The van der Waals surface area contributed by atoms with E-state index >= 15 is 0 Å². The van der Waals surface area contributed by atoms with Crippen LogP contribution in [0, 0.1) is 5.82 Å². The molecule has 1 aliphatic rings. The molecule has 0 aliphatic carbocycles. The summed E-state index contributed by atoms with van der Waals surface area (Å²) in [6, 6.07) is 4.42. The minimum Gasteiger partial charge on any atom is -0.383 e. The molecule has 0 aromatic heterocycles. The summed E-state index contributed by atoms with van der Waals surface area (Å²) in [5.74, 6) is -0.161. The highest BCUT2D eigenvalue weighted by Gasteiger charge is 2.15. The van der Waals surface area contributed by atoms with Crippen LogP contribution in [0.4, 0.5) is 10.1 Å². The van der Waals surface area contributed by atoms with Gasteiger partial charge in [0.15, 0.2) is 5.75 Å². The quantitative estimate of drug-likeness (QED) is 0.754. The van der Waals surface area contributed by atoms with Crippen LogP contribution < -0.4 is 15.4 Å². The van der Waals surface area contributed by atoms with Crippen LogP contribution in [-0.2, 0) is 4.74 Å².